The van der Waals surface area contributed by atoms with Gasteiger partial charge in [-0.3, -0.25) is 74.5 Å². The van der Waals surface area contributed by atoms with Crippen LogP contribution >= 0.6 is 46.9 Å². The number of hydrogen-bond acceptors (Lipinski definition) is 28. The summed E-state index contributed by atoms with van der Waals surface area (Å²) in [5.74, 6) is -1.25. The van der Waals surface area contributed by atoms with E-state index in [0.29, 0.717) is 0 Å². The molecule has 33 nitrogen and oxygen atoms in total. The van der Waals surface area contributed by atoms with Gasteiger partial charge in [-0.05, 0) is 86.1 Å². The molecule has 0 radical (unpaired) electrons. The summed E-state index contributed by atoms with van der Waals surface area (Å²) in [6.45, 7) is 9.00. The third-order valence-corrected chi connectivity index (χ3v) is 16.1. The number of ether oxygens (including phenoxy) is 2. The number of amides is 3. The molecule has 460 valence electrons. The van der Waals surface area contributed by atoms with Crippen LogP contribution in [0.5, 0.6) is 0 Å². The van der Waals surface area contributed by atoms with E-state index in [0.717, 1.165) is 0 Å². The first-order valence-electron chi connectivity index (χ1n) is 24.1. The Morgan fingerprint density at radius 2 is 0.841 bits per heavy atom. The van der Waals surface area contributed by atoms with Crippen LogP contribution in [-0.4, -0.2) is 132 Å². The molecule has 0 saturated carbocycles. The maximum atomic E-state index is 13.1. The molecule has 0 saturated heterocycles. The topological polar surface area (TPSA) is 441 Å². The van der Waals surface area contributed by atoms with E-state index in [-0.39, 0.29) is 154 Å². The molecule has 0 bridgehead atoms. The maximum Gasteiger partial charge on any atom is 1.00 e. The third kappa shape index (κ3) is 36.2. The minimum atomic E-state index is -5.36. The van der Waals surface area contributed by atoms with Gasteiger partial charge in [0, 0.05) is 18.5 Å². The Morgan fingerprint density at radius 1 is 0.488 bits per heavy atom. The number of phosphoric acid groups is 6. The van der Waals surface area contributed by atoms with Gasteiger partial charge in [-0.15, -0.1) is 0 Å². The van der Waals surface area contributed by atoms with Crippen molar-refractivity contribution in [3.63, 3.8) is 0 Å². The summed E-state index contributed by atoms with van der Waals surface area (Å²) in [5.41, 5.74) is -0.0425. The van der Waals surface area contributed by atoms with Crippen molar-refractivity contribution in [1.29, 1.82) is 0 Å². The summed E-state index contributed by atoms with van der Waals surface area (Å²) in [7, 11) is -26.4. The summed E-state index contributed by atoms with van der Waals surface area (Å²) in [4.78, 5) is 88.2. The number of nitrogens with one attached hydrogen (secondary N) is 3. The second kappa shape index (κ2) is 43.4. The molecule has 2 atom stereocenters. The summed E-state index contributed by atoms with van der Waals surface area (Å²) >= 11 is 0. The molecule has 5 N–H and O–H groups in total. The van der Waals surface area contributed by atoms with Crippen molar-refractivity contribution in [3.8, 4) is 0 Å². The molecular weight excluding hydrogens is 1250 g/mol. The predicted molar refractivity (Wildman–Crippen MR) is 276 cm³/mol. The Morgan fingerprint density at radius 3 is 1.24 bits per heavy atom. The van der Waals surface area contributed by atoms with Gasteiger partial charge in [-0.2, -0.15) is 0 Å². The molecule has 82 heavy (non-hydrogen) atoms. The fourth-order valence-corrected chi connectivity index (χ4v) is 11.1. The van der Waals surface area contributed by atoms with Gasteiger partial charge in [0.15, 0.2) is 12.6 Å². The van der Waals surface area contributed by atoms with E-state index in [1.165, 1.54) is 48.5 Å². The average molecular weight is 1320 g/mol. The van der Waals surface area contributed by atoms with Crippen LogP contribution in [0.3, 0.4) is 0 Å². The van der Waals surface area contributed by atoms with Crippen LogP contribution in [-0.2, 0) is 100 Å². The van der Waals surface area contributed by atoms with Crippen molar-refractivity contribution in [2.45, 2.75) is 80.4 Å². The number of ketones is 1. The zero-order valence-corrected chi connectivity index (χ0v) is 56.3. The number of benzene rings is 2. The number of carbonyl (C=O) groups excluding carboxylic acids is 4. The van der Waals surface area contributed by atoms with Crippen molar-refractivity contribution in [3.05, 3.63) is 59.7 Å². The van der Waals surface area contributed by atoms with E-state index >= 15 is 0 Å². The minimum absolute atomic E-state index is 0. The molecule has 0 aliphatic carbocycles. The summed E-state index contributed by atoms with van der Waals surface area (Å²) in [6, 6.07) is 11.5. The van der Waals surface area contributed by atoms with Gasteiger partial charge in [-0.25, -0.2) is 36.9 Å². The minimum Gasteiger partial charge on any atom is -0.790 e. The van der Waals surface area contributed by atoms with Crippen LogP contribution < -0.4 is 84.9 Å². The molecule has 41 heteroatoms. The second-order valence-electron chi connectivity index (χ2n) is 14.5. The van der Waals surface area contributed by atoms with Crippen molar-refractivity contribution < 1.29 is 198 Å². The monoisotopic (exact) mass is 1320 g/mol. The number of para-hydroxylation sites is 2. The number of anilines is 2. The van der Waals surface area contributed by atoms with Crippen LogP contribution in [0.15, 0.2) is 48.5 Å². The Labute approximate surface area is 518 Å². The Hall–Kier alpha value is -1.22. The SMILES string of the molecule is CCOP(=O)(OCC)OCC(CCC(=O)c1ccccc1NC(=O)OCOP(=O)(O)O)OP(=O)(OCC)OCC.CCOP(=O)(OCC)OCC(CNC(=O)c1ccccc1NC(=O)OCOP(=O)([O-])[O-])OP(=O)(OCC)OCC.[Na+].[Na+]. The van der Waals surface area contributed by atoms with Crippen LogP contribution in [0.25, 0.3) is 0 Å². The normalized spacial score (nSPS) is 12.8. The van der Waals surface area contributed by atoms with Gasteiger partial charge in [0.25, 0.3) is 5.91 Å². The molecule has 2 rings (SSSR count). The number of hydrogen-bond donors (Lipinski definition) is 5. The molecule has 3 amide bonds. The van der Waals surface area contributed by atoms with Crippen LogP contribution in [0.2, 0.25) is 0 Å². The van der Waals surface area contributed by atoms with Gasteiger partial charge in [0.1, 0.15) is 6.10 Å². The maximum absolute atomic E-state index is 13.1. The average Bonchev–Trinajstić information content (AvgIpc) is 3.36. The fraction of sp³-hybridized carbons (Fsp3) is 0.610. The van der Waals surface area contributed by atoms with Crippen LogP contribution in [0.4, 0.5) is 21.0 Å². The first kappa shape index (κ1) is 82.8. The fourth-order valence-electron chi connectivity index (χ4n) is 5.63. The van der Waals surface area contributed by atoms with Crippen molar-refractivity contribution in [2.75, 3.05) is 96.8 Å². The van der Waals surface area contributed by atoms with E-state index in [1.54, 1.807) is 55.4 Å². The van der Waals surface area contributed by atoms with E-state index in [9.17, 15) is 56.4 Å². The molecule has 2 aromatic rings. The third-order valence-electron chi connectivity index (χ3n) is 8.56. The van der Waals surface area contributed by atoms with Gasteiger partial charge in [0.05, 0.1) is 96.9 Å². The largest absolute Gasteiger partial charge is 1.00 e. The molecule has 0 heterocycles. The molecule has 0 aliphatic heterocycles. The van der Waals surface area contributed by atoms with Gasteiger partial charge >= 0.3 is 110 Å². The van der Waals surface area contributed by atoms with E-state index < -0.39 is 110 Å². The molecule has 0 fully saturated rings. The van der Waals surface area contributed by atoms with Crippen molar-refractivity contribution >= 4 is 82.2 Å². The molecule has 2 unspecified atom stereocenters. The van der Waals surface area contributed by atoms with E-state index in [2.05, 4.69) is 34.5 Å². The Kier molecular flexibility index (Phi) is 43.9. The standard InChI is InChI=1S/C21H36NO15P3.C20H35N2O15P3.2Na/c1-5-31-39(28,32-6-2)35-15-17(37-40(29,33-7-3)34-8-4)13-14-20(23)18-11-9-10-12-19(18)22-21(24)30-16-36-38(25,26)27;1-5-31-39(28,32-6-2)35-14-16(37-40(29,33-7-3)34-8-4)13-21-19(23)17-11-9-10-12-18(17)22-20(24)30-15-36-38(25,26)27;;/h9-12,17H,5-8,13-16H2,1-4H3,(H,22,24)(H2,25,26,27);9-12,16H,5-8,13-15H2,1-4H3,(H,21,23)(H,22,24)(H2,25,26,27);;/q;;2*+1/p-2. The smallest absolute Gasteiger partial charge is 0.790 e. The quantitative estimate of drug-likeness (QED) is 0.0273. The summed E-state index contributed by atoms with van der Waals surface area (Å²) in [5, 5.41) is 6.99. The molecule has 2 aromatic carbocycles. The van der Waals surface area contributed by atoms with Crippen molar-refractivity contribution in [2.24, 2.45) is 0 Å². The zero-order chi connectivity index (χ0) is 60.5. The first-order chi connectivity index (χ1) is 37.6. The number of phosphoric ester groups is 6. The zero-order valence-electron chi connectivity index (χ0n) is 46.9. The van der Waals surface area contributed by atoms with Crippen molar-refractivity contribution in [1.82, 2.24) is 5.32 Å². The van der Waals surface area contributed by atoms with Gasteiger partial charge < -0.3 is 43.5 Å². The Bertz CT molecular complexity index is 2300. The molecule has 0 aliphatic rings. The second-order valence-corrected chi connectivity index (χ2v) is 23.5. The van der Waals surface area contributed by atoms with Crippen LogP contribution in [0, 0.1) is 0 Å². The van der Waals surface area contributed by atoms with Gasteiger partial charge in [-0.1, -0.05) is 24.3 Å². The van der Waals surface area contributed by atoms with E-state index in [4.69, 9.17) is 64.1 Å². The summed E-state index contributed by atoms with van der Waals surface area (Å²) < 4.78 is 152. The van der Waals surface area contributed by atoms with Crippen LogP contribution in [0.1, 0.15) is 88.9 Å². The number of rotatable bonds is 41. The summed E-state index contributed by atoms with van der Waals surface area (Å²) in [6.07, 6.45) is -5.08. The predicted octanol–water partition coefficient (Wildman–Crippen LogP) is 1.57. The number of Topliss-reactive ketones (excluding diaryl/α,β-unsaturated/α-hetero) is 1. The molecular formula is C41H69N3Na2O30P6. The molecule has 0 aromatic heterocycles. The number of carbonyl (C=O) groups is 4. The Balaban J connectivity index is 0. The first-order valence-corrected chi connectivity index (χ1v) is 32.9. The van der Waals surface area contributed by atoms with E-state index in [1.807, 2.05) is 0 Å². The van der Waals surface area contributed by atoms with Gasteiger partial charge in [0.2, 0.25) is 6.79 Å². The molecule has 0 spiro atoms.